The van der Waals surface area contributed by atoms with Gasteiger partial charge in [0.15, 0.2) is 0 Å². The third kappa shape index (κ3) is 4.62. The van der Waals surface area contributed by atoms with Gasteiger partial charge in [-0.05, 0) is 29.1 Å². The highest BCUT2D eigenvalue weighted by Gasteiger charge is 2.22. The first kappa shape index (κ1) is 18.8. The maximum Gasteiger partial charge on any atom is 0.241 e. The number of anilines is 1. The second-order valence-corrected chi connectivity index (χ2v) is 8.08. The molecule has 0 aliphatic rings. The maximum atomic E-state index is 12.9. The first-order chi connectivity index (χ1) is 12.8. The van der Waals surface area contributed by atoms with Crippen LogP contribution in [0, 0.1) is 5.82 Å². The van der Waals surface area contributed by atoms with Crippen LogP contribution in [0.3, 0.4) is 0 Å². The highest BCUT2D eigenvalue weighted by Crippen LogP contribution is 2.28. The van der Waals surface area contributed by atoms with Crippen molar-refractivity contribution in [1.29, 1.82) is 0 Å². The predicted octanol–water partition coefficient (Wildman–Crippen LogP) is 3.06. The summed E-state index contributed by atoms with van der Waals surface area (Å²) in [7, 11) is -3.67. The van der Waals surface area contributed by atoms with Gasteiger partial charge in [0.2, 0.25) is 15.9 Å². The van der Waals surface area contributed by atoms with Crippen molar-refractivity contribution in [3.8, 4) is 0 Å². The molecule has 1 N–H and O–H groups in total. The van der Waals surface area contributed by atoms with Gasteiger partial charge in [0.05, 0.1) is 11.9 Å². The molecule has 0 saturated carbocycles. The molecule has 0 atom stereocenters. The predicted molar refractivity (Wildman–Crippen MR) is 104 cm³/mol. The Hall–Kier alpha value is -2.93. The fourth-order valence-electron chi connectivity index (χ4n) is 2.80. The molecule has 0 aliphatic heterocycles. The van der Waals surface area contributed by atoms with Crippen LogP contribution in [-0.2, 0) is 21.4 Å². The van der Waals surface area contributed by atoms with Crippen LogP contribution in [0.2, 0.25) is 0 Å². The molecule has 3 rings (SSSR count). The molecule has 0 heterocycles. The fourth-order valence-corrected chi connectivity index (χ4v) is 3.66. The molecule has 0 fully saturated rings. The zero-order valence-corrected chi connectivity index (χ0v) is 15.5. The zero-order valence-electron chi connectivity index (χ0n) is 14.7. The van der Waals surface area contributed by atoms with E-state index in [1.165, 1.54) is 12.1 Å². The van der Waals surface area contributed by atoms with Gasteiger partial charge >= 0.3 is 0 Å². The summed E-state index contributed by atoms with van der Waals surface area (Å²) in [5.74, 6) is -0.804. The van der Waals surface area contributed by atoms with Crippen molar-refractivity contribution in [3.63, 3.8) is 0 Å². The minimum atomic E-state index is -3.67. The van der Waals surface area contributed by atoms with Gasteiger partial charge in [-0.15, -0.1) is 0 Å². The molecule has 0 spiro atoms. The molecule has 5 nitrogen and oxygen atoms in total. The van der Waals surface area contributed by atoms with Crippen molar-refractivity contribution in [3.05, 3.63) is 78.1 Å². The molecule has 0 unspecified atom stereocenters. The van der Waals surface area contributed by atoms with Gasteiger partial charge < -0.3 is 5.32 Å². The first-order valence-electron chi connectivity index (χ1n) is 8.31. The highest BCUT2D eigenvalue weighted by molar-refractivity contribution is 7.92. The van der Waals surface area contributed by atoms with Gasteiger partial charge in [0.25, 0.3) is 0 Å². The first-order valence-corrected chi connectivity index (χ1v) is 10.2. The number of benzene rings is 3. The summed E-state index contributed by atoms with van der Waals surface area (Å²) >= 11 is 0. The van der Waals surface area contributed by atoms with Crippen LogP contribution in [0.5, 0.6) is 0 Å². The number of hydrogen-bond acceptors (Lipinski definition) is 3. The van der Waals surface area contributed by atoms with Gasteiger partial charge in [-0.3, -0.25) is 9.10 Å². The number of nitrogens with zero attached hydrogens (tertiary/aromatic N) is 1. The van der Waals surface area contributed by atoms with Crippen LogP contribution in [-0.4, -0.2) is 27.1 Å². The number of amides is 1. The van der Waals surface area contributed by atoms with E-state index >= 15 is 0 Å². The maximum absolute atomic E-state index is 12.9. The lowest BCUT2D eigenvalue weighted by atomic mass is 10.1. The standard InChI is InChI=1S/C20H19FN2O3S/c1-27(25,26)23(19-8-4-6-16-5-2-3-7-18(16)19)14-20(24)22-13-15-9-11-17(21)12-10-15/h2-12H,13-14H2,1H3,(H,22,24). The summed E-state index contributed by atoms with van der Waals surface area (Å²) in [5.41, 5.74) is 1.17. The third-order valence-electron chi connectivity index (χ3n) is 4.13. The molecular formula is C20H19FN2O3S. The molecule has 0 bridgehead atoms. The lowest BCUT2D eigenvalue weighted by molar-refractivity contribution is -0.119. The molecule has 7 heteroatoms. The monoisotopic (exact) mass is 386 g/mol. The van der Waals surface area contributed by atoms with Gasteiger partial charge in [-0.2, -0.15) is 0 Å². The van der Waals surface area contributed by atoms with E-state index in [9.17, 15) is 17.6 Å². The Morgan fingerprint density at radius 2 is 1.67 bits per heavy atom. The van der Waals surface area contributed by atoms with Crippen molar-refractivity contribution in [1.82, 2.24) is 5.32 Å². The van der Waals surface area contributed by atoms with E-state index in [-0.39, 0.29) is 18.9 Å². The van der Waals surface area contributed by atoms with Crippen LogP contribution in [0.1, 0.15) is 5.56 Å². The van der Waals surface area contributed by atoms with E-state index in [0.717, 1.165) is 26.9 Å². The number of carbonyl (C=O) groups is 1. The van der Waals surface area contributed by atoms with Crippen LogP contribution in [0.4, 0.5) is 10.1 Å². The van der Waals surface area contributed by atoms with Gasteiger partial charge in [0.1, 0.15) is 12.4 Å². The quantitative estimate of drug-likeness (QED) is 0.708. The molecule has 0 aromatic heterocycles. The zero-order chi connectivity index (χ0) is 19.4. The average molecular weight is 386 g/mol. The average Bonchev–Trinajstić information content (AvgIpc) is 2.64. The van der Waals surface area contributed by atoms with Crippen molar-refractivity contribution < 1.29 is 17.6 Å². The normalized spacial score (nSPS) is 11.3. The minimum absolute atomic E-state index is 0.187. The number of hydrogen-bond donors (Lipinski definition) is 1. The van der Waals surface area contributed by atoms with Crippen LogP contribution in [0.25, 0.3) is 10.8 Å². The molecule has 0 radical (unpaired) electrons. The minimum Gasteiger partial charge on any atom is -0.350 e. The van der Waals surface area contributed by atoms with Crippen molar-refractivity contribution in [2.45, 2.75) is 6.54 Å². The number of rotatable bonds is 6. The van der Waals surface area contributed by atoms with Crippen LogP contribution in [0.15, 0.2) is 66.7 Å². The van der Waals surface area contributed by atoms with E-state index in [4.69, 9.17) is 0 Å². The van der Waals surface area contributed by atoms with Crippen molar-refractivity contribution in [2.24, 2.45) is 0 Å². The van der Waals surface area contributed by atoms with Crippen molar-refractivity contribution in [2.75, 3.05) is 17.1 Å². The lowest BCUT2D eigenvalue weighted by Gasteiger charge is -2.23. The lowest BCUT2D eigenvalue weighted by Crippen LogP contribution is -2.40. The number of nitrogens with one attached hydrogen (secondary N) is 1. The Balaban J connectivity index is 1.81. The largest absolute Gasteiger partial charge is 0.350 e. The fraction of sp³-hybridized carbons (Fsp3) is 0.150. The Morgan fingerprint density at radius 3 is 2.37 bits per heavy atom. The summed E-state index contributed by atoms with van der Waals surface area (Å²) in [5, 5.41) is 4.30. The van der Waals surface area contributed by atoms with E-state index in [1.54, 1.807) is 24.3 Å². The summed E-state index contributed by atoms with van der Waals surface area (Å²) in [6.07, 6.45) is 1.07. The molecule has 1 amide bonds. The summed E-state index contributed by atoms with van der Waals surface area (Å²) in [4.78, 5) is 12.4. The molecule has 140 valence electrons. The second kappa shape index (κ2) is 7.75. The number of halogens is 1. The third-order valence-corrected chi connectivity index (χ3v) is 5.25. The van der Waals surface area contributed by atoms with Gasteiger partial charge in [-0.25, -0.2) is 12.8 Å². The van der Waals surface area contributed by atoms with E-state index < -0.39 is 15.9 Å². The van der Waals surface area contributed by atoms with Crippen molar-refractivity contribution >= 4 is 32.4 Å². The Morgan fingerprint density at radius 1 is 1.00 bits per heavy atom. The summed E-state index contributed by atoms with van der Waals surface area (Å²) in [6.45, 7) is -0.152. The van der Waals surface area contributed by atoms with Gasteiger partial charge in [-0.1, -0.05) is 48.5 Å². The topological polar surface area (TPSA) is 66.5 Å². The number of carbonyl (C=O) groups excluding carboxylic acids is 1. The summed E-state index contributed by atoms with van der Waals surface area (Å²) in [6, 6.07) is 18.4. The number of fused-ring (bicyclic) bond motifs is 1. The summed E-state index contributed by atoms with van der Waals surface area (Å²) < 4.78 is 38.7. The molecule has 0 saturated heterocycles. The number of sulfonamides is 1. The Bertz CT molecular complexity index is 1060. The smallest absolute Gasteiger partial charge is 0.241 e. The van der Waals surface area contributed by atoms with E-state index in [2.05, 4.69) is 5.32 Å². The van der Waals surface area contributed by atoms with Crippen LogP contribution >= 0.6 is 0 Å². The SMILES string of the molecule is CS(=O)(=O)N(CC(=O)NCc1ccc(F)cc1)c1cccc2ccccc12. The molecular weight excluding hydrogens is 367 g/mol. The highest BCUT2D eigenvalue weighted by atomic mass is 32.2. The molecule has 0 aliphatic carbocycles. The molecule has 3 aromatic rings. The van der Waals surface area contributed by atoms with Gasteiger partial charge in [0, 0.05) is 11.9 Å². The second-order valence-electron chi connectivity index (χ2n) is 6.17. The molecule has 27 heavy (non-hydrogen) atoms. The van der Waals surface area contributed by atoms with E-state index in [1.807, 2.05) is 30.3 Å². The Labute approximate surface area is 157 Å². The Kier molecular flexibility index (Phi) is 5.41. The van der Waals surface area contributed by atoms with E-state index in [0.29, 0.717) is 5.69 Å². The van der Waals surface area contributed by atoms with Crippen LogP contribution < -0.4 is 9.62 Å². The molecule has 3 aromatic carbocycles.